The molecular formula is C19H20N4O5. The fraction of sp³-hybridized carbons (Fsp3) is 0.368. The van der Waals surface area contributed by atoms with Crippen molar-refractivity contribution in [3.05, 3.63) is 46.8 Å². The van der Waals surface area contributed by atoms with Gasteiger partial charge in [0.15, 0.2) is 5.69 Å². The molecule has 1 atom stereocenters. The SMILES string of the molecule is O=C(O)c1n[nH]c2c1CN(C(=O)c1cccc(NC(=O)C3CCCO3)c1)CC2. The van der Waals surface area contributed by atoms with E-state index in [4.69, 9.17) is 4.74 Å². The van der Waals surface area contributed by atoms with Crippen LogP contribution in [0.2, 0.25) is 0 Å². The summed E-state index contributed by atoms with van der Waals surface area (Å²) in [6, 6.07) is 6.72. The zero-order chi connectivity index (χ0) is 19.7. The lowest BCUT2D eigenvalue weighted by molar-refractivity contribution is -0.124. The molecule has 0 spiro atoms. The Morgan fingerprint density at radius 3 is 2.93 bits per heavy atom. The molecule has 0 aliphatic carbocycles. The average Bonchev–Trinajstić information content (AvgIpc) is 3.37. The maximum absolute atomic E-state index is 12.9. The van der Waals surface area contributed by atoms with Crippen molar-refractivity contribution in [2.75, 3.05) is 18.5 Å². The normalized spacial score (nSPS) is 18.6. The predicted octanol–water partition coefficient (Wildman–Crippen LogP) is 1.42. The molecule has 1 aromatic heterocycles. The van der Waals surface area contributed by atoms with E-state index in [0.717, 1.165) is 12.1 Å². The van der Waals surface area contributed by atoms with Crippen molar-refractivity contribution >= 4 is 23.5 Å². The summed E-state index contributed by atoms with van der Waals surface area (Å²) < 4.78 is 5.37. The molecule has 146 valence electrons. The summed E-state index contributed by atoms with van der Waals surface area (Å²) in [7, 11) is 0. The Balaban J connectivity index is 1.48. The van der Waals surface area contributed by atoms with E-state index in [1.807, 2.05) is 0 Å². The number of aromatic amines is 1. The number of carbonyl (C=O) groups excluding carboxylic acids is 2. The first kappa shape index (κ1) is 18.2. The summed E-state index contributed by atoms with van der Waals surface area (Å²) in [5.41, 5.74) is 2.19. The van der Waals surface area contributed by atoms with Crippen molar-refractivity contribution in [2.45, 2.75) is 31.9 Å². The van der Waals surface area contributed by atoms with Gasteiger partial charge < -0.3 is 20.1 Å². The highest BCUT2D eigenvalue weighted by Crippen LogP contribution is 2.23. The molecule has 1 saturated heterocycles. The second-order valence-corrected chi connectivity index (χ2v) is 6.88. The quantitative estimate of drug-likeness (QED) is 0.732. The van der Waals surface area contributed by atoms with Crippen LogP contribution in [-0.4, -0.2) is 57.2 Å². The van der Waals surface area contributed by atoms with Gasteiger partial charge in [-0.05, 0) is 31.0 Å². The molecule has 28 heavy (non-hydrogen) atoms. The molecule has 1 fully saturated rings. The van der Waals surface area contributed by atoms with Gasteiger partial charge in [0, 0.05) is 42.1 Å². The molecule has 0 radical (unpaired) electrons. The molecule has 0 bridgehead atoms. The van der Waals surface area contributed by atoms with E-state index in [1.54, 1.807) is 29.2 Å². The summed E-state index contributed by atoms with van der Waals surface area (Å²) in [5.74, 6) is -1.56. The van der Waals surface area contributed by atoms with Gasteiger partial charge in [0.05, 0.1) is 6.54 Å². The summed E-state index contributed by atoms with van der Waals surface area (Å²) in [6.07, 6.45) is 1.61. The lowest BCUT2D eigenvalue weighted by atomic mass is 10.0. The maximum atomic E-state index is 12.9. The van der Waals surface area contributed by atoms with Crippen LogP contribution >= 0.6 is 0 Å². The van der Waals surface area contributed by atoms with Gasteiger partial charge >= 0.3 is 5.97 Å². The highest BCUT2D eigenvalue weighted by Gasteiger charge is 2.28. The Morgan fingerprint density at radius 1 is 1.32 bits per heavy atom. The second kappa shape index (κ2) is 7.43. The first-order valence-electron chi connectivity index (χ1n) is 9.14. The van der Waals surface area contributed by atoms with E-state index in [1.165, 1.54) is 0 Å². The van der Waals surface area contributed by atoms with E-state index in [9.17, 15) is 19.5 Å². The van der Waals surface area contributed by atoms with E-state index in [2.05, 4.69) is 15.5 Å². The number of benzene rings is 1. The minimum Gasteiger partial charge on any atom is -0.476 e. The summed E-state index contributed by atoms with van der Waals surface area (Å²) in [4.78, 5) is 38.0. The third-order valence-electron chi connectivity index (χ3n) is 5.02. The molecule has 2 amide bonds. The number of aromatic carboxylic acids is 1. The molecule has 3 heterocycles. The minimum absolute atomic E-state index is 0.0509. The number of ether oxygens (including phenoxy) is 1. The van der Waals surface area contributed by atoms with Gasteiger partial charge in [0.25, 0.3) is 11.8 Å². The first-order chi connectivity index (χ1) is 13.5. The Bertz CT molecular complexity index is 932. The zero-order valence-corrected chi connectivity index (χ0v) is 15.1. The lowest BCUT2D eigenvalue weighted by Crippen LogP contribution is -2.36. The van der Waals surface area contributed by atoms with E-state index in [0.29, 0.717) is 42.8 Å². The second-order valence-electron chi connectivity index (χ2n) is 6.88. The summed E-state index contributed by atoms with van der Waals surface area (Å²) in [5, 5.41) is 18.6. The molecule has 2 aliphatic rings. The third-order valence-corrected chi connectivity index (χ3v) is 5.02. The first-order valence-corrected chi connectivity index (χ1v) is 9.14. The van der Waals surface area contributed by atoms with Crippen LogP contribution in [0.5, 0.6) is 0 Å². The zero-order valence-electron chi connectivity index (χ0n) is 15.1. The number of aromatic nitrogens is 2. The van der Waals surface area contributed by atoms with Crippen molar-refractivity contribution < 1.29 is 24.2 Å². The van der Waals surface area contributed by atoms with Crippen LogP contribution in [0.1, 0.15) is 44.9 Å². The Morgan fingerprint density at radius 2 is 2.18 bits per heavy atom. The molecule has 9 heteroatoms. The number of nitrogens with zero attached hydrogens (tertiary/aromatic N) is 2. The molecule has 4 rings (SSSR count). The molecule has 1 unspecified atom stereocenters. The van der Waals surface area contributed by atoms with Crippen LogP contribution in [0.4, 0.5) is 5.69 Å². The summed E-state index contributed by atoms with van der Waals surface area (Å²) >= 11 is 0. The standard InChI is InChI=1S/C19H20N4O5/c24-17(15-5-2-8-28-15)20-12-4-1-3-11(9-12)18(25)23-7-6-14-13(10-23)16(19(26)27)22-21-14/h1,3-4,9,15H,2,5-8,10H2,(H,20,24)(H,21,22)(H,26,27). The van der Waals surface area contributed by atoms with Gasteiger partial charge in [0.2, 0.25) is 0 Å². The Labute approximate surface area is 160 Å². The third kappa shape index (κ3) is 3.48. The Kier molecular flexibility index (Phi) is 4.82. The molecule has 2 aromatic rings. The number of hydrogen-bond donors (Lipinski definition) is 3. The molecule has 3 N–H and O–H groups in total. The number of hydrogen-bond acceptors (Lipinski definition) is 5. The van der Waals surface area contributed by atoms with Gasteiger partial charge in [-0.3, -0.25) is 14.7 Å². The summed E-state index contributed by atoms with van der Waals surface area (Å²) in [6.45, 7) is 1.22. The number of nitrogens with one attached hydrogen (secondary N) is 2. The largest absolute Gasteiger partial charge is 0.476 e. The van der Waals surface area contributed by atoms with Crippen molar-refractivity contribution in [3.63, 3.8) is 0 Å². The average molecular weight is 384 g/mol. The van der Waals surface area contributed by atoms with Crippen LogP contribution in [0.25, 0.3) is 0 Å². The predicted molar refractivity (Wildman–Crippen MR) is 98.0 cm³/mol. The van der Waals surface area contributed by atoms with Crippen LogP contribution < -0.4 is 5.32 Å². The number of H-pyrrole nitrogens is 1. The van der Waals surface area contributed by atoms with E-state index in [-0.39, 0.29) is 24.1 Å². The van der Waals surface area contributed by atoms with Gasteiger partial charge in [-0.15, -0.1) is 0 Å². The number of carboxylic acid groups (broad SMARTS) is 1. The number of amides is 2. The fourth-order valence-electron chi connectivity index (χ4n) is 3.57. The fourth-order valence-corrected chi connectivity index (χ4v) is 3.57. The van der Waals surface area contributed by atoms with Crippen LogP contribution in [0, 0.1) is 0 Å². The number of carbonyl (C=O) groups is 3. The van der Waals surface area contributed by atoms with E-state index >= 15 is 0 Å². The monoisotopic (exact) mass is 384 g/mol. The van der Waals surface area contributed by atoms with Crippen molar-refractivity contribution in [1.29, 1.82) is 0 Å². The lowest BCUT2D eigenvalue weighted by Gasteiger charge is -2.27. The van der Waals surface area contributed by atoms with Crippen molar-refractivity contribution in [1.82, 2.24) is 15.1 Å². The van der Waals surface area contributed by atoms with Gasteiger partial charge in [-0.2, -0.15) is 5.10 Å². The van der Waals surface area contributed by atoms with E-state index < -0.39 is 12.1 Å². The van der Waals surface area contributed by atoms with Crippen LogP contribution in [0.3, 0.4) is 0 Å². The Hall–Kier alpha value is -3.20. The molecule has 0 saturated carbocycles. The molecule has 1 aromatic carbocycles. The minimum atomic E-state index is -1.12. The smallest absolute Gasteiger partial charge is 0.356 e. The highest BCUT2D eigenvalue weighted by molar-refractivity contribution is 5.98. The maximum Gasteiger partial charge on any atom is 0.356 e. The van der Waals surface area contributed by atoms with Gasteiger partial charge in [-0.25, -0.2) is 4.79 Å². The molecule has 2 aliphatic heterocycles. The van der Waals surface area contributed by atoms with Crippen LogP contribution in [0.15, 0.2) is 24.3 Å². The van der Waals surface area contributed by atoms with Crippen molar-refractivity contribution in [3.8, 4) is 0 Å². The number of fused-ring (bicyclic) bond motifs is 1. The molecule has 9 nitrogen and oxygen atoms in total. The number of rotatable bonds is 4. The number of carboxylic acids is 1. The number of anilines is 1. The van der Waals surface area contributed by atoms with Gasteiger partial charge in [0.1, 0.15) is 6.10 Å². The topological polar surface area (TPSA) is 125 Å². The van der Waals surface area contributed by atoms with Crippen molar-refractivity contribution in [2.24, 2.45) is 0 Å². The highest BCUT2D eigenvalue weighted by atomic mass is 16.5. The molecular weight excluding hydrogens is 364 g/mol. The van der Waals surface area contributed by atoms with Gasteiger partial charge in [-0.1, -0.05) is 6.07 Å². The van der Waals surface area contributed by atoms with Crippen LogP contribution in [-0.2, 0) is 22.5 Å².